The Morgan fingerprint density at radius 3 is 2.65 bits per heavy atom. The topological polar surface area (TPSA) is 42.0 Å². The zero-order valence-corrected chi connectivity index (χ0v) is 14.9. The van der Waals surface area contributed by atoms with Crippen LogP contribution < -0.4 is 5.32 Å². The number of rotatable bonds is 4. The summed E-state index contributed by atoms with van der Waals surface area (Å²) in [5.41, 5.74) is 2.79. The number of carbonyl (C=O) groups is 1. The Morgan fingerprint density at radius 2 is 1.92 bits per heavy atom. The Balaban J connectivity index is 1.64. The number of nitrogens with one attached hydrogen (secondary N) is 1. The van der Waals surface area contributed by atoms with Gasteiger partial charge in [-0.15, -0.1) is 11.3 Å². The molecule has 1 aliphatic rings. The minimum Gasteiger partial charge on any atom is -0.326 e. The summed E-state index contributed by atoms with van der Waals surface area (Å²) < 4.78 is 26.7. The molecule has 6 heteroatoms. The van der Waals surface area contributed by atoms with Crippen LogP contribution >= 0.6 is 11.3 Å². The third-order valence-corrected chi connectivity index (χ3v) is 5.33. The Hall–Kier alpha value is -2.60. The summed E-state index contributed by atoms with van der Waals surface area (Å²) in [4.78, 5) is 17.5. The van der Waals surface area contributed by atoms with Crippen molar-refractivity contribution in [1.29, 1.82) is 0 Å². The molecule has 1 aliphatic carbocycles. The van der Waals surface area contributed by atoms with E-state index in [0.29, 0.717) is 11.3 Å². The van der Waals surface area contributed by atoms with Crippen LogP contribution in [0, 0.1) is 24.5 Å². The zero-order chi connectivity index (χ0) is 18.3. The second-order valence-corrected chi connectivity index (χ2v) is 7.60. The van der Waals surface area contributed by atoms with Crippen LogP contribution in [-0.4, -0.2) is 10.9 Å². The number of aryl methyl sites for hydroxylation is 1. The lowest BCUT2D eigenvalue weighted by molar-refractivity contribution is -0.117. The predicted molar refractivity (Wildman–Crippen MR) is 99.0 cm³/mol. The number of aromatic nitrogens is 1. The highest BCUT2D eigenvalue weighted by Crippen LogP contribution is 2.35. The van der Waals surface area contributed by atoms with E-state index in [4.69, 9.17) is 0 Å². The number of thiazole rings is 1. The Labute approximate surface area is 153 Å². The molecule has 0 atom stereocenters. The number of hydrogen-bond donors (Lipinski definition) is 1. The van der Waals surface area contributed by atoms with Crippen LogP contribution in [0.4, 0.5) is 14.5 Å². The summed E-state index contributed by atoms with van der Waals surface area (Å²) in [6, 6.07) is 11.3. The van der Waals surface area contributed by atoms with Crippen molar-refractivity contribution >= 4 is 22.9 Å². The molecule has 1 fully saturated rings. The molecule has 0 unspecified atom stereocenters. The van der Waals surface area contributed by atoms with E-state index >= 15 is 0 Å². The van der Waals surface area contributed by atoms with Crippen LogP contribution in [-0.2, 0) is 4.79 Å². The van der Waals surface area contributed by atoms with Gasteiger partial charge in [0.25, 0.3) is 0 Å². The summed E-state index contributed by atoms with van der Waals surface area (Å²) in [6.45, 7) is 1.90. The summed E-state index contributed by atoms with van der Waals surface area (Å²) in [5.74, 6) is -1.57. The molecule has 0 saturated heterocycles. The van der Waals surface area contributed by atoms with E-state index in [1.165, 1.54) is 17.4 Å². The molecule has 0 spiro atoms. The van der Waals surface area contributed by atoms with Gasteiger partial charge < -0.3 is 5.32 Å². The molecule has 1 aromatic heterocycles. The number of anilines is 1. The first-order valence-corrected chi connectivity index (χ1v) is 9.17. The minimum absolute atomic E-state index is 0.0555. The second kappa shape index (κ2) is 6.61. The van der Waals surface area contributed by atoms with Gasteiger partial charge in [-0.25, -0.2) is 13.8 Å². The molecule has 1 N–H and O–H groups in total. The van der Waals surface area contributed by atoms with Gasteiger partial charge in [0.15, 0.2) is 11.6 Å². The fourth-order valence-electron chi connectivity index (χ4n) is 2.75. The molecule has 2 aromatic carbocycles. The van der Waals surface area contributed by atoms with Crippen molar-refractivity contribution in [2.24, 2.45) is 5.92 Å². The normalized spacial score (nSPS) is 13.7. The van der Waals surface area contributed by atoms with E-state index in [9.17, 15) is 13.6 Å². The van der Waals surface area contributed by atoms with E-state index in [1.807, 2.05) is 31.2 Å². The van der Waals surface area contributed by atoms with Gasteiger partial charge in [0.2, 0.25) is 5.91 Å². The average molecular weight is 370 g/mol. The first kappa shape index (κ1) is 16.8. The zero-order valence-electron chi connectivity index (χ0n) is 14.1. The first-order valence-electron chi connectivity index (χ1n) is 8.35. The van der Waals surface area contributed by atoms with Crippen molar-refractivity contribution in [3.8, 4) is 21.8 Å². The van der Waals surface area contributed by atoms with Gasteiger partial charge in [0.05, 0.1) is 5.69 Å². The van der Waals surface area contributed by atoms with E-state index in [0.717, 1.165) is 46.1 Å². The highest BCUT2D eigenvalue weighted by Gasteiger charge is 2.29. The van der Waals surface area contributed by atoms with E-state index in [1.54, 1.807) is 0 Å². The van der Waals surface area contributed by atoms with Crippen molar-refractivity contribution in [3.05, 3.63) is 59.0 Å². The molecule has 1 heterocycles. The third kappa shape index (κ3) is 3.37. The molecule has 0 aliphatic heterocycles. The van der Waals surface area contributed by atoms with Crippen LogP contribution in [0.15, 0.2) is 42.5 Å². The van der Waals surface area contributed by atoms with Gasteiger partial charge >= 0.3 is 0 Å². The maximum atomic E-state index is 13.5. The highest BCUT2D eigenvalue weighted by atomic mass is 32.1. The first-order chi connectivity index (χ1) is 12.5. The number of carbonyl (C=O) groups excluding carboxylic acids is 1. The lowest BCUT2D eigenvalue weighted by atomic mass is 10.1. The van der Waals surface area contributed by atoms with Gasteiger partial charge in [-0.2, -0.15) is 0 Å². The summed E-state index contributed by atoms with van der Waals surface area (Å²) in [5, 5.41) is 3.70. The molecule has 1 amide bonds. The number of amides is 1. The van der Waals surface area contributed by atoms with E-state index in [2.05, 4.69) is 10.3 Å². The Morgan fingerprint density at radius 1 is 1.12 bits per heavy atom. The van der Waals surface area contributed by atoms with Crippen molar-refractivity contribution in [2.45, 2.75) is 19.8 Å². The van der Waals surface area contributed by atoms with Crippen molar-refractivity contribution in [3.63, 3.8) is 0 Å². The number of nitrogens with zero attached hydrogens (tertiary/aromatic N) is 1. The van der Waals surface area contributed by atoms with Crippen molar-refractivity contribution in [2.75, 3.05) is 5.32 Å². The number of benzene rings is 2. The van der Waals surface area contributed by atoms with Crippen LogP contribution in [0.3, 0.4) is 0 Å². The van der Waals surface area contributed by atoms with Crippen LogP contribution in [0.2, 0.25) is 0 Å². The number of halogens is 2. The highest BCUT2D eigenvalue weighted by molar-refractivity contribution is 7.15. The third-order valence-electron chi connectivity index (χ3n) is 4.31. The van der Waals surface area contributed by atoms with Crippen LogP contribution in [0.1, 0.15) is 17.7 Å². The fourth-order valence-corrected chi connectivity index (χ4v) is 3.68. The van der Waals surface area contributed by atoms with Gasteiger partial charge in [0, 0.05) is 27.6 Å². The lowest BCUT2D eigenvalue weighted by Crippen LogP contribution is -2.13. The van der Waals surface area contributed by atoms with Crippen molar-refractivity contribution in [1.82, 2.24) is 4.98 Å². The summed E-state index contributed by atoms with van der Waals surface area (Å²) in [6.07, 6.45) is 1.91. The minimum atomic E-state index is -0.888. The quantitative estimate of drug-likeness (QED) is 0.667. The largest absolute Gasteiger partial charge is 0.326 e. The predicted octanol–water partition coefficient (Wildman–Crippen LogP) is 5.41. The molecule has 4 rings (SSSR count). The molecule has 132 valence electrons. The maximum Gasteiger partial charge on any atom is 0.227 e. The fraction of sp³-hybridized carbons (Fsp3) is 0.200. The molecule has 26 heavy (non-hydrogen) atoms. The van der Waals surface area contributed by atoms with Gasteiger partial charge in [-0.1, -0.05) is 12.1 Å². The van der Waals surface area contributed by atoms with Crippen LogP contribution in [0.5, 0.6) is 0 Å². The molecule has 1 saturated carbocycles. The smallest absolute Gasteiger partial charge is 0.227 e. The molecule has 3 nitrogen and oxygen atoms in total. The monoisotopic (exact) mass is 370 g/mol. The molecule has 0 bridgehead atoms. The van der Waals surface area contributed by atoms with Gasteiger partial charge in [-0.05, 0) is 50.1 Å². The molecule has 0 radical (unpaired) electrons. The Kier molecular flexibility index (Phi) is 4.28. The average Bonchev–Trinajstić information content (AvgIpc) is 3.40. The maximum absolute atomic E-state index is 13.5. The van der Waals surface area contributed by atoms with Gasteiger partial charge in [-0.3, -0.25) is 4.79 Å². The van der Waals surface area contributed by atoms with E-state index in [-0.39, 0.29) is 11.8 Å². The number of hydrogen-bond acceptors (Lipinski definition) is 3. The van der Waals surface area contributed by atoms with Gasteiger partial charge in [0.1, 0.15) is 5.01 Å². The molecular weight excluding hydrogens is 354 g/mol. The van der Waals surface area contributed by atoms with Crippen LogP contribution in [0.25, 0.3) is 21.8 Å². The summed E-state index contributed by atoms with van der Waals surface area (Å²) >= 11 is 1.48. The lowest BCUT2D eigenvalue weighted by Gasteiger charge is -2.05. The molecule has 3 aromatic rings. The summed E-state index contributed by atoms with van der Waals surface area (Å²) in [7, 11) is 0. The molecular formula is C20H16F2N2OS. The van der Waals surface area contributed by atoms with E-state index < -0.39 is 11.6 Å². The Bertz CT molecular complexity index is 995. The standard InChI is InChI=1S/C20H16F2N2OS/c1-11-18(13-7-8-16(21)17(22)10-13)24-20(26-11)14-3-2-4-15(9-14)23-19(25)12-5-6-12/h2-4,7-10,12H,5-6H2,1H3,(H,23,25). The second-order valence-electron chi connectivity index (χ2n) is 6.40. The SMILES string of the molecule is Cc1sc(-c2cccc(NC(=O)C3CC3)c2)nc1-c1ccc(F)c(F)c1. The van der Waals surface area contributed by atoms with Crippen molar-refractivity contribution < 1.29 is 13.6 Å².